The molecule has 132 valence electrons. The Labute approximate surface area is 149 Å². The molecule has 0 saturated heterocycles. The Hall–Kier alpha value is -3.55. The van der Waals surface area contributed by atoms with Crippen LogP contribution < -0.4 is 4.90 Å². The predicted octanol–water partition coefficient (Wildman–Crippen LogP) is 2.88. The van der Waals surface area contributed by atoms with Gasteiger partial charge in [0.15, 0.2) is 11.5 Å². The zero-order valence-corrected chi connectivity index (χ0v) is 14.0. The van der Waals surface area contributed by atoms with Crippen LogP contribution in [0.2, 0.25) is 0 Å². The highest BCUT2D eigenvalue weighted by Gasteiger charge is 2.33. The van der Waals surface area contributed by atoms with Crippen molar-refractivity contribution >= 4 is 29.2 Å². The van der Waals surface area contributed by atoms with Crippen LogP contribution in [0.25, 0.3) is 0 Å². The van der Waals surface area contributed by atoms with Crippen LogP contribution >= 0.6 is 0 Å². The van der Waals surface area contributed by atoms with Gasteiger partial charge in [-0.15, -0.1) is 5.10 Å². The molecule has 0 unspecified atom stereocenters. The molecule has 0 bridgehead atoms. The fourth-order valence-electron chi connectivity index (χ4n) is 2.72. The average Bonchev–Trinajstić information content (AvgIpc) is 2.89. The number of phenols is 1. The Morgan fingerprint density at radius 3 is 2.77 bits per heavy atom. The summed E-state index contributed by atoms with van der Waals surface area (Å²) in [7, 11) is 0. The number of benzene rings is 2. The van der Waals surface area contributed by atoms with E-state index in [0.29, 0.717) is 17.7 Å². The molecule has 26 heavy (non-hydrogen) atoms. The Morgan fingerprint density at radius 2 is 2.04 bits per heavy atom. The zero-order chi connectivity index (χ0) is 18.7. The third kappa shape index (κ3) is 3.16. The lowest BCUT2D eigenvalue weighted by atomic mass is 10.1. The summed E-state index contributed by atoms with van der Waals surface area (Å²) in [6.07, 6.45) is 2.12. The summed E-state index contributed by atoms with van der Waals surface area (Å²) >= 11 is 0. The molecular weight excluding hydrogens is 336 g/mol. The Kier molecular flexibility index (Phi) is 4.74. The molecule has 0 spiro atoms. The lowest BCUT2D eigenvalue weighted by molar-refractivity contribution is -0.385. The van der Waals surface area contributed by atoms with Gasteiger partial charge in [0.2, 0.25) is 0 Å². The summed E-state index contributed by atoms with van der Waals surface area (Å²) in [5.74, 6) is -0.643. The molecule has 0 atom stereocenters. The molecule has 0 aliphatic carbocycles. The number of rotatable bonds is 5. The molecule has 1 aliphatic heterocycles. The molecular formula is C18H16N4O4. The highest BCUT2D eigenvalue weighted by Crippen LogP contribution is 2.29. The largest absolute Gasteiger partial charge is 0.502 e. The fourth-order valence-corrected chi connectivity index (χ4v) is 2.72. The van der Waals surface area contributed by atoms with Gasteiger partial charge in [-0.3, -0.25) is 14.9 Å². The topological polar surface area (TPSA) is 108 Å². The van der Waals surface area contributed by atoms with Gasteiger partial charge in [-0.25, -0.2) is 0 Å². The predicted molar refractivity (Wildman–Crippen MR) is 98.0 cm³/mol. The van der Waals surface area contributed by atoms with Gasteiger partial charge < -0.3 is 10.0 Å². The molecule has 0 fully saturated rings. The zero-order valence-electron chi connectivity index (χ0n) is 14.0. The van der Waals surface area contributed by atoms with Crippen molar-refractivity contribution < 1.29 is 14.8 Å². The lowest BCUT2D eigenvalue weighted by Gasteiger charge is -2.14. The minimum Gasteiger partial charge on any atom is -0.502 e. The van der Waals surface area contributed by atoms with Crippen molar-refractivity contribution in [1.29, 1.82) is 0 Å². The van der Waals surface area contributed by atoms with Crippen molar-refractivity contribution in [2.24, 2.45) is 10.2 Å². The number of carbonyl (C=O) groups is 1. The number of hydrogen-bond donors (Lipinski definition) is 1. The van der Waals surface area contributed by atoms with Crippen LogP contribution in [-0.2, 0) is 4.79 Å². The Balaban J connectivity index is 1.91. The molecule has 8 heteroatoms. The molecule has 1 N–H and O–H groups in total. The van der Waals surface area contributed by atoms with Crippen LogP contribution in [0.1, 0.15) is 24.5 Å². The van der Waals surface area contributed by atoms with Crippen LogP contribution in [0.5, 0.6) is 5.75 Å². The number of nitro benzene ring substituents is 1. The summed E-state index contributed by atoms with van der Waals surface area (Å²) in [4.78, 5) is 24.4. The normalized spacial score (nSPS) is 15.0. The number of hydrogen-bond acceptors (Lipinski definition) is 6. The van der Waals surface area contributed by atoms with E-state index >= 15 is 0 Å². The number of aromatic hydroxyl groups is 1. The summed E-state index contributed by atoms with van der Waals surface area (Å²) in [6, 6.07) is 11.2. The number of fused-ring (bicyclic) bond motifs is 1. The van der Waals surface area contributed by atoms with Crippen LogP contribution in [0.4, 0.5) is 11.4 Å². The molecule has 0 aromatic heterocycles. The number of anilines is 1. The van der Waals surface area contributed by atoms with Crippen molar-refractivity contribution in [3.8, 4) is 5.75 Å². The fraction of sp³-hybridized carbons (Fsp3) is 0.167. The summed E-state index contributed by atoms with van der Waals surface area (Å²) in [5.41, 5.74) is 1.72. The second kappa shape index (κ2) is 7.14. The molecule has 0 radical (unpaired) electrons. The summed E-state index contributed by atoms with van der Waals surface area (Å²) < 4.78 is 0. The van der Waals surface area contributed by atoms with Gasteiger partial charge in [-0.2, -0.15) is 5.10 Å². The van der Waals surface area contributed by atoms with Crippen molar-refractivity contribution in [2.75, 3.05) is 11.4 Å². The first-order chi connectivity index (χ1) is 12.5. The van der Waals surface area contributed by atoms with Crippen molar-refractivity contribution in [3.63, 3.8) is 0 Å². The molecule has 1 heterocycles. The maximum Gasteiger partial charge on any atom is 0.311 e. The number of carbonyl (C=O) groups excluding carboxylic acids is 1. The second-order valence-corrected chi connectivity index (χ2v) is 5.67. The van der Waals surface area contributed by atoms with Crippen LogP contribution in [0.3, 0.4) is 0 Å². The minimum atomic E-state index is -0.683. The van der Waals surface area contributed by atoms with Gasteiger partial charge >= 0.3 is 5.69 Å². The van der Waals surface area contributed by atoms with E-state index in [0.717, 1.165) is 12.1 Å². The first-order valence-electron chi connectivity index (χ1n) is 8.02. The highest BCUT2D eigenvalue weighted by molar-refractivity contribution is 6.54. The van der Waals surface area contributed by atoms with E-state index in [-0.39, 0.29) is 11.6 Å². The molecule has 1 aliphatic rings. The van der Waals surface area contributed by atoms with Crippen LogP contribution in [-0.4, -0.2) is 34.4 Å². The Bertz CT molecular complexity index is 937. The average molecular weight is 352 g/mol. The number of nitro groups is 1. The quantitative estimate of drug-likeness (QED) is 0.507. The molecule has 1 amide bonds. The second-order valence-electron chi connectivity index (χ2n) is 5.67. The van der Waals surface area contributed by atoms with E-state index in [2.05, 4.69) is 10.2 Å². The van der Waals surface area contributed by atoms with Crippen molar-refractivity contribution in [3.05, 3.63) is 63.7 Å². The minimum absolute atomic E-state index is 0.220. The maximum absolute atomic E-state index is 12.6. The van der Waals surface area contributed by atoms with E-state index in [1.165, 1.54) is 24.4 Å². The molecule has 2 aromatic rings. The first-order valence-corrected chi connectivity index (χ1v) is 8.02. The van der Waals surface area contributed by atoms with Crippen molar-refractivity contribution in [2.45, 2.75) is 13.3 Å². The van der Waals surface area contributed by atoms with E-state index in [4.69, 9.17) is 0 Å². The van der Waals surface area contributed by atoms with Crippen molar-refractivity contribution in [1.82, 2.24) is 0 Å². The smallest absolute Gasteiger partial charge is 0.311 e. The van der Waals surface area contributed by atoms with Gasteiger partial charge in [-0.05, 0) is 24.6 Å². The number of phenolic OH excluding ortho intramolecular Hbond substituents is 1. The third-order valence-corrected chi connectivity index (χ3v) is 3.91. The van der Waals surface area contributed by atoms with Gasteiger partial charge in [0.1, 0.15) is 0 Å². The molecule has 2 aromatic carbocycles. The number of nitrogens with zero attached hydrogens (tertiary/aromatic N) is 4. The molecule has 8 nitrogen and oxygen atoms in total. The van der Waals surface area contributed by atoms with Crippen LogP contribution in [0.15, 0.2) is 52.7 Å². The summed E-state index contributed by atoms with van der Waals surface area (Å²) in [5, 5.41) is 28.3. The van der Waals surface area contributed by atoms with Gasteiger partial charge in [0.05, 0.1) is 16.8 Å². The van der Waals surface area contributed by atoms with Crippen LogP contribution in [0, 0.1) is 10.1 Å². The van der Waals surface area contributed by atoms with E-state index in [9.17, 15) is 20.0 Å². The van der Waals surface area contributed by atoms with E-state index < -0.39 is 16.4 Å². The van der Waals surface area contributed by atoms with Gasteiger partial charge in [0.25, 0.3) is 5.91 Å². The van der Waals surface area contributed by atoms with E-state index in [1.54, 1.807) is 4.90 Å². The van der Waals surface area contributed by atoms with E-state index in [1.807, 2.05) is 31.2 Å². The Morgan fingerprint density at radius 1 is 1.27 bits per heavy atom. The number of amides is 1. The molecule has 3 rings (SSSR count). The SMILES string of the molecule is CCCN1C(=O)/C(=N/N=C\c2ccc(O)c([N+](=O)[O-])c2)c2ccccc21. The monoisotopic (exact) mass is 352 g/mol. The standard InChI is InChI=1S/C18H16N4O4/c1-2-9-21-14-6-4-3-5-13(14)17(18(21)24)20-19-11-12-7-8-16(23)15(10-12)22(25)26/h3-8,10-11,23H,2,9H2,1H3/b19-11-,20-17+. The maximum atomic E-state index is 12.6. The summed E-state index contributed by atoms with van der Waals surface area (Å²) in [6.45, 7) is 2.57. The molecule has 0 saturated carbocycles. The number of para-hydroxylation sites is 1. The van der Waals surface area contributed by atoms with Gasteiger partial charge in [-0.1, -0.05) is 25.1 Å². The highest BCUT2D eigenvalue weighted by atomic mass is 16.6. The third-order valence-electron chi connectivity index (χ3n) is 3.91. The first kappa shape index (κ1) is 17.3. The lowest BCUT2D eigenvalue weighted by Crippen LogP contribution is -2.30. The van der Waals surface area contributed by atoms with Gasteiger partial charge in [0, 0.05) is 23.7 Å².